The Bertz CT molecular complexity index is 1080. The molecule has 33 heavy (non-hydrogen) atoms. The summed E-state index contributed by atoms with van der Waals surface area (Å²) in [6, 6.07) is 37.5. The number of nitrogens with zero attached hydrogens (tertiary/aromatic N) is 1. The zero-order chi connectivity index (χ0) is 23.0. The van der Waals surface area contributed by atoms with E-state index in [1.54, 1.807) is 0 Å². The van der Waals surface area contributed by atoms with E-state index >= 15 is 0 Å². The standard InChI is InChI=1S/C29H25Br2NO/c30-25-15-11-23(12-16-25)27(19-21-7-3-1-4-8-21)29(32-33)28(20-22-9-5-2-6-10-22)24-13-17-26(31)18-14-24/h1-18,27-28,33H,19-20H2. The van der Waals surface area contributed by atoms with E-state index in [0.29, 0.717) is 0 Å². The minimum Gasteiger partial charge on any atom is -0.411 e. The lowest BCUT2D eigenvalue weighted by Gasteiger charge is -2.27. The molecule has 2 unspecified atom stereocenters. The molecule has 0 aliphatic heterocycles. The Kier molecular flexibility index (Phi) is 8.14. The van der Waals surface area contributed by atoms with Gasteiger partial charge in [-0.15, -0.1) is 0 Å². The Morgan fingerprint density at radius 2 is 0.939 bits per heavy atom. The van der Waals surface area contributed by atoms with Crippen molar-refractivity contribution >= 4 is 37.6 Å². The van der Waals surface area contributed by atoms with Crippen molar-refractivity contribution in [3.05, 3.63) is 140 Å². The molecular weight excluding hydrogens is 538 g/mol. The molecular formula is C29H25Br2NO. The van der Waals surface area contributed by atoms with E-state index < -0.39 is 0 Å². The lowest BCUT2D eigenvalue weighted by atomic mass is 9.77. The minimum absolute atomic E-state index is 0.0668. The van der Waals surface area contributed by atoms with Gasteiger partial charge in [-0.2, -0.15) is 0 Å². The predicted octanol–water partition coefficient (Wildman–Crippen LogP) is 8.39. The van der Waals surface area contributed by atoms with Gasteiger partial charge in [-0.1, -0.05) is 122 Å². The number of hydrogen-bond donors (Lipinski definition) is 1. The highest BCUT2D eigenvalue weighted by Crippen LogP contribution is 2.34. The van der Waals surface area contributed by atoms with Crippen LogP contribution in [0.3, 0.4) is 0 Å². The molecule has 0 bridgehead atoms. The summed E-state index contributed by atoms with van der Waals surface area (Å²) < 4.78 is 2.06. The quantitative estimate of drug-likeness (QED) is 0.130. The van der Waals surface area contributed by atoms with Crippen molar-refractivity contribution < 1.29 is 5.21 Å². The van der Waals surface area contributed by atoms with Gasteiger partial charge in [0.15, 0.2) is 0 Å². The number of halogens is 2. The van der Waals surface area contributed by atoms with Gasteiger partial charge in [0.25, 0.3) is 0 Å². The fourth-order valence-corrected chi connectivity index (χ4v) is 4.79. The molecule has 1 N–H and O–H groups in total. The number of rotatable bonds is 8. The number of oxime groups is 1. The third-order valence-electron chi connectivity index (χ3n) is 5.94. The van der Waals surface area contributed by atoms with Gasteiger partial charge < -0.3 is 5.21 Å². The van der Waals surface area contributed by atoms with E-state index in [1.165, 1.54) is 11.1 Å². The Hall–Kier alpha value is -2.69. The topological polar surface area (TPSA) is 32.6 Å². The molecule has 0 amide bonds. The molecule has 166 valence electrons. The Labute approximate surface area is 212 Å². The molecule has 0 aliphatic rings. The fraction of sp³-hybridized carbons (Fsp3) is 0.138. The van der Waals surface area contributed by atoms with E-state index in [-0.39, 0.29) is 11.8 Å². The van der Waals surface area contributed by atoms with E-state index in [0.717, 1.165) is 38.6 Å². The number of benzene rings is 4. The molecule has 2 atom stereocenters. The maximum atomic E-state index is 10.4. The molecule has 4 heteroatoms. The first-order chi connectivity index (χ1) is 16.1. The van der Waals surface area contributed by atoms with Crippen LogP contribution < -0.4 is 0 Å². The average Bonchev–Trinajstić information content (AvgIpc) is 2.85. The fourth-order valence-electron chi connectivity index (χ4n) is 4.26. The van der Waals surface area contributed by atoms with Crippen LogP contribution in [0.5, 0.6) is 0 Å². The summed E-state index contributed by atoms with van der Waals surface area (Å²) in [5.74, 6) is -0.134. The molecule has 0 fully saturated rings. The maximum Gasteiger partial charge on any atom is 0.0726 e. The van der Waals surface area contributed by atoms with Crippen LogP contribution >= 0.6 is 31.9 Å². The molecule has 4 aromatic rings. The third kappa shape index (κ3) is 6.21. The number of hydrogen-bond acceptors (Lipinski definition) is 2. The maximum absolute atomic E-state index is 10.4. The molecule has 0 saturated heterocycles. The molecule has 4 aromatic carbocycles. The molecule has 4 rings (SSSR count). The molecule has 0 heterocycles. The van der Waals surface area contributed by atoms with Crippen LogP contribution in [0, 0.1) is 0 Å². The van der Waals surface area contributed by atoms with Gasteiger partial charge in [0.05, 0.1) is 5.71 Å². The van der Waals surface area contributed by atoms with Crippen LogP contribution in [-0.4, -0.2) is 10.9 Å². The lowest BCUT2D eigenvalue weighted by molar-refractivity contribution is 0.313. The van der Waals surface area contributed by atoms with Crippen LogP contribution in [0.1, 0.15) is 34.1 Å². The van der Waals surface area contributed by atoms with Crippen molar-refractivity contribution in [3.63, 3.8) is 0 Å². The molecule has 0 saturated carbocycles. The van der Waals surface area contributed by atoms with Crippen molar-refractivity contribution in [3.8, 4) is 0 Å². The summed E-state index contributed by atoms with van der Waals surface area (Å²) in [5.41, 5.74) is 5.45. The minimum atomic E-state index is -0.0668. The Morgan fingerprint density at radius 1 is 0.576 bits per heavy atom. The molecule has 0 aromatic heterocycles. The molecule has 0 spiro atoms. The zero-order valence-electron chi connectivity index (χ0n) is 18.1. The summed E-state index contributed by atoms with van der Waals surface area (Å²) in [6.45, 7) is 0. The summed E-state index contributed by atoms with van der Waals surface area (Å²) in [5, 5.41) is 14.4. The largest absolute Gasteiger partial charge is 0.411 e. The molecule has 2 nitrogen and oxygen atoms in total. The smallest absolute Gasteiger partial charge is 0.0726 e. The first-order valence-electron chi connectivity index (χ1n) is 10.9. The summed E-state index contributed by atoms with van der Waals surface area (Å²) in [4.78, 5) is 0. The summed E-state index contributed by atoms with van der Waals surface area (Å²) >= 11 is 7.10. The highest BCUT2D eigenvalue weighted by Gasteiger charge is 2.29. The average molecular weight is 563 g/mol. The van der Waals surface area contributed by atoms with Gasteiger partial charge in [0.1, 0.15) is 0 Å². The van der Waals surface area contributed by atoms with Gasteiger partial charge in [0, 0.05) is 20.8 Å². The van der Waals surface area contributed by atoms with Crippen molar-refractivity contribution in [1.82, 2.24) is 0 Å². The van der Waals surface area contributed by atoms with Crippen molar-refractivity contribution in [2.24, 2.45) is 5.16 Å². The predicted molar refractivity (Wildman–Crippen MR) is 143 cm³/mol. The third-order valence-corrected chi connectivity index (χ3v) is 7.00. The van der Waals surface area contributed by atoms with Crippen molar-refractivity contribution in [1.29, 1.82) is 0 Å². The van der Waals surface area contributed by atoms with Crippen molar-refractivity contribution in [2.45, 2.75) is 24.7 Å². The zero-order valence-corrected chi connectivity index (χ0v) is 21.3. The van der Waals surface area contributed by atoms with Crippen LogP contribution in [0.2, 0.25) is 0 Å². The van der Waals surface area contributed by atoms with Crippen LogP contribution in [0.4, 0.5) is 0 Å². The van der Waals surface area contributed by atoms with E-state index in [4.69, 9.17) is 0 Å². The highest BCUT2D eigenvalue weighted by atomic mass is 79.9. The monoisotopic (exact) mass is 561 g/mol. The molecule has 0 radical (unpaired) electrons. The second-order valence-electron chi connectivity index (χ2n) is 8.11. The van der Waals surface area contributed by atoms with Crippen LogP contribution in [0.25, 0.3) is 0 Å². The van der Waals surface area contributed by atoms with Crippen LogP contribution in [0.15, 0.2) is 123 Å². The first kappa shape index (κ1) is 23.5. The molecule has 0 aliphatic carbocycles. The Balaban J connectivity index is 1.79. The lowest BCUT2D eigenvalue weighted by Crippen LogP contribution is -2.25. The van der Waals surface area contributed by atoms with E-state index in [9.17, 15) is 5.21 Å². The van der Waals surface area contributed by atoms with Gasteiger partial charge in [-0.3, -0.25) is 0 Å². The summed E-state index contributed by atoms with van der Waals surface area (Å²) in [6.07, 6.45) is 1.51. The second-order valence-corrected chi connectivity index (χ2v) is 9.94. The van der Waals surface area contributed by atoms with Gasteiger partial charge in [0.2, 0.25) is 0 Å². The SMILES string of the molecule is ON=C(C(Cc1ccccc1)c1ccc(Br)cc1)C(Cc1ccccc1)c1ccc(Br)cc1. The first-order valence-corrected chi connectivity index (χ1v) is 12.5. The van der Waals surface area contributed by atoms with Gasteiger partial charge in [-0.25, -0.2) is 0 Å². The van der Waals surface area contributed by atoms with Gasteiger partial charge in [-0.05, 0) is 59.4 Å². The van der Waals surface area contributed by atoms with Gasteiger partial charge >= 0.3 is 0 Å². The van der Waals surface area contributed by atoms with Crippen molar-refractivity contribution in [2.75, 3.05) is 0 Å². The highest BCUT2D eigenvalue weighted by molar-refractivity contribution is 9.10. The van der Waals surface area contributed by atoms with E-state index in [2.05, 4.69) is 110 Å². The van der Waals surface area contributed by atoms with E-state index in [1.807, 2.05) is 36.4 Å². The Morgan fingerprint density at radius 3 is 1.27 bits per heavy atom. The summed E-state index contributed by atoms with van der Waals surface area (Å²) in [7, 11) is 0. The van der Waals surface area contributed by atoms with Crippen LogP contribution in [-0.2, 0) is 12.8 Å². The normalized spacial score (nSPS) is 12.7. The second kappa shape index (κ2) is 11.4.